The van der Waals surface area contributed by atoms with Crippen molar-refractivity contribution in [3.05, 3.63) is 54.0 Å². The van der Waals surface area contributed by atoms with E-state index in [4.69, 9.17) is 9.72 Å². The Morgan fingerprint density at radius 2 is 2.13 bits per heavy atom. The highest BCUT2D eigenvalue weighted by Crippen LogP contribution is 2.29. The van der Waals surface area contributed by atoms with E-state index < -0.39 is 13.0 Å². The van der Waals surface area contributed by atoms with Crippen LogP contribution in [0.5, 0.6) is 5.88 Å². The van der Waals surface area contributed by atoms with Crippen LogP contribution in [0.3, 0.4) is 0 Å². The van der Waals surface area contributed by atoms with Crippen molar-refractivity contribution in [2.45, 2.75) is 38.7 Å². The lowest BCUT2D eigenvalue weighted by molar-refractivity contribution is 0.0677. The summed E-state index contributed by atoms with van der Waals surface area (Å²) >= 11 is 0. The third-order valence-electron chi connectivity index (χ3n) is 5.37. The summed E-state index contributed by atoms with van der Waals surface area (Å²) in [5, 5.41) is 0. The third-order valence-corrected chi connectivity index (χ3v) is 5.37. The molecule has 1 atom stereocenters. The first-order valence-corrected chi connectivity index (χ1v) is 10.2. The number of pyridine rings is 1. The molecule has 158 valence electrons. The van der Waals surface area contributed by atoms with Gasteiger partial charge in [-0.25, -0.2) is 18.7 Å². The number of carbonyl (C=O) groups is 1. The Morgan fingerprint density at radius 1 is 1.30 bits per heavy atom. The molecule has 0 aliphatic carbocycles. The maximum atomic E-state index is 13.1. The number of ether oxygens (including phenoxy) is 1. The number of benzene rings is 1. The fraction of sp³-hybridized carbons (Fsp3) is 0.409. The summed E-state index contributed by atoms with van der Waals surface area (Å²) in [4.78, 5) is 23.6. The van der Waals surface area contributed by atoms with Crippen LogP contribution in [0.4, 0.5) is 8.78 Å². The van der Waals surface area contributed by atoms with Crippen LogP contribution in [0.2, 0.25) is 0 Å². The average molecular weight is 414 g/mol. The molecule has 3 heterocycles. The Labute approximate surface area is 173 Å². The van der Waals surface area contributed by atoms with Crippen LogP contribution in [-0.4, -0.2) is 51.5 Å². The molecular formula is C22H24F2N4O2. The van der Waals surface area contributed by atoms with Crippen LogP contribution < -0.4 is 4.74 Å². The fourth-order valence-corrected chi connectivity index (χ4v) is 4.05. The number of aromatic nitrogens is 3. The molecule has 1 unspecified atom stereocenters. The van der Waals surface area contributed by atoms with Gasteiger partial charge in [0.2, 0.25) is 5.88 Å². The quantitative estimate of drug-likeness (QED) is 0.609. The predicted octanol–water partition coefficient (Wildman–Crippen LogP) is 4.11. The number of amides is 1. The Hall–Kier alpha value is -3.03. The van der Waals surface area contributed by atoms with Crippen LogP contribution in [0, 0.1) is 0 Å². The van der Waals surface area contributed by atoms with Crippen molar-refractivity contribution < 1.29 is 18.3 Å². The van der Waals surface area contributed by atoms with Crippen molar-refractivity contribution in [1.82, 2.24) is 19.4 Å². The zero-order valence-electron chi connectivity index (χ0n) is 16.8. The summed E-state index contributed by atoms with van der Waals surface area (Å²) < 4.78 is 32.0. The molecule has 2 aromatic heterocycles. The van der Waals surface area contributed by atoms with Crippen molar-refractivity contribution in [2.75, 3.05) is 19.7 Å². The summed E-state index contributed by atoms with van der Waals surface area (Å²) in [7, 11) is 0. The Kier molecular flexibility index (Phi) is 5.92. The topological polar surface area (TPSA) is 60.2 Å². The molecule has 0 saturated carbocycles. The van der Waals surface area contributed by atoms with E-state index in [9.17, 15) is 13.6 Å². The smallest absolute Gasteiger partial charge is 0.272 e. The van der Waals surface area contributed by atoms with Gasteiger partial charge in [-0.3, -0.25) is 4.79 Å². The minimum atomic E-state index is -2.59. The zero-order chi connectivity index (χ0) is 21.1. The lowest BCUT2D eigenvalue weighted by Crippen LogP contribution is -2.41. The molecular weight excluding hydrogens is 390 g/mol. The van der Waals surface area contributed by atoms with E-state index in [1.54, 1.807) is 6.07 Å². The number of aryl methyl sites for hydroxylation is 1. The van der Waals surface area contributed by atoms with Crippen molar-refractivity contribution >= 4 is 16.9 Å². The second-order valence-electron chi connectivity index (χ2n) is 7.37. The van der Waals surface area contributed by atoms with Crippen molar-refractivity contribution in [3.8, 4) is 5.88 Å². The van der Waals surface area contributed by atoms with Gasteiger partial charge < -0.3 is 14.2 Å². The number of carbonyl (C=O) groups excluding carboxylic acids is 1. The number of piperidine rings is 1. The summed E-state index contributed by atoms with van der Waals surface area (Å²) in [6.45, 7) is 2.56. The molecule has 1 aliphatic rings. The van der Waals surface area contributed by atoms with Gasteiger partial charge in [-0.15, -0.1) is 0 Å². The van der Waals surface area contributed by atoms with E-state index in [1.807, 2.05) is 23.1 Å². The number of nitrogens with zero attached hydrogens (tertiary/aromatic N) is 4. The van der Waals surface area contributed by atoms with Gasteiger partial charge in [-0.2, -0.15) is 0 Å². The maximum Gasteiger partial charge on any atom is 0.272 e. The van der Waals surface area contributed by atoms with Crippen LogP contribution >= 0.6 is 0 Å². The van der Waals surface area contributed by atoms with E-state index in [-0.39, 0.29) is 17.8 Å². The number of likely N-dealkylation sites (tertiary alicyclic amines) is 1. The highest BCUT2D eigenvalue weighted by molar-refractivity contribution is 5.94. The van der Waals surface area contributed by atoms with Crippen LogP contribution in [0.15, 0.2) is 42.6 Å². The van der Waals surface area contributed by atoms with Crippen LogP contribution in [0.1, 0.15) is 42.0 Å². The van der Waals surface area contributed by atoms with Crippen LogP contribution in [0.25, 0.3) is 11.0 Å². The van der Waals surface area contributed by atoms with Gasteiger partial charge in [0.1, 0.15) is 5.82 Å². The number of hydrogen-bond donors (Lipinski definition) is 0. The first kappa shape index (κ1) is 20.3. The Morgan fingerprint density at radius 3 is 2.93 bits per heavy atom. The molecule has 8 heteroatoms. The molecule has 1 saturated heterocycles. The highest BCUT2D eigenvalue weighted by atomic mass is 19.3. The third kappa shape index (κ3) is 4.13. The molecule has 1 aromatic carbocycles. The first-order valence-electron chi connectivity index (χ1n) is 10.2. The van der Waals surface area contributed by atoms with E-state index in [1.165, 1.54) is 12.3 Å². The average Bonchev–Trinajstić information content (AvgIpc) is 3.16. The summed E-state index contributed by atoms with van der Waals surface area (Å²) in [6.07, 6.45) is 1.48. The fourth-order valence-electron chi connectivity index (χ4n) is 4.05. The van der Waals surface area contributed by atoms with E-state index in [0.29, 0.717) is 18.7 Å². The lowest BCUT2D eigenvalue weighted by Gasteiger charge is -2.34. The second kappa shape index (κ2) is 8.77. The SMILES string of the molecule is CCc1nc2ccccc2n1C1CCCN(C(=O)c2ccnc(OCC(F)F)c2)C1. The number of alkyl halides is 2. The van der Waals surface area contributed by atoms with Gasteiger partial charge in [-0.1, -0.05) is 19.1 Å². The Bertz CT molecular complexity index is 1040. The largest absolute Gasteiger partial charge is 0.472 e. The van der Waals surface area contributed by atoms with Gasteiger partial charge in [0.05, 0.1) is 17.1 Å². The second-order valence-corrected chi connectivity index (χ2v) is 7.37. The molecule has 1 aliphatic heterocycles. The highest BCUT2D eigenvalue weighted by Gasteiger charge is 2.28. The normalized spacial score (nSPS) is 16.9. The zero-order valence-corrected chi connectivity index (χ0v) is 16.8. The van der Waals surface area contributed by atoms with E-state index >= 15 is 0 Å². The number of fused-ring (bicyclic) bond motifs is 1. The Balaban J connectivity index is 1.55. The molecule has 3 aromatic rings. The molecule has 4 rings (SSSR count). The number of rotatable bonds is 6. The molecule has 1 fully saturated rings. The lowest BCUT2D eigenvalue weighted by atomic mass is 10.0. The molecule has 0 spiro atoms. The summed E-state index contributed by atoms with van der Waals surface area (Å²) in [5.41, 5.74) is 2.44. The summed E-state index contributed by atoms with van der Waals surface area (Å²) in [5.74, 6) is 0.900. The van der Waals surface area contributed by atoms with Gasteiger partial charge in [0, 0.05) is 37.3 Å². The minimum absolute atomic E-state index is 0.0311. The molecule has 1 amide bonds. The number of halogens is 2. The molecule has 30 heavy (non-hydrogen) atoms. The summed E-state index contributed by atoms with van der Waals surface area (Å²) in [6, 6.07) is 11.2. The maximum absolute atomic E-state index is 13.1. The van der Waals surface area contributed by atoms with Crippen molar-refractivity contribution in [2.24, 2.45) is 0 Å². The van der Waals surface area contributed by atoms with Crippen molar-refractivity contribution in [1.29, 1.82) is 0 Å². The number of hydrogen-bond acceptors (Lipinski definition) is 4. The van der Waals surface area contributed by atoms with Crippen LogP contribution in [-0.2, 0) is 6.42 Å². The molecule has 0 radical (unpaired) electrons. The predicted molar refractivity (Wildman–Crippen MR) is 109 cm³/mol. The van der Waals surface area contributed by atoms with Crippen molar-refractivity contribution in [3.63, 3.8) is 0 Å². The van der Waals surface area contributed by atoms with Gasteiger partial charge in [0.15, 0.2) is 6.61 Å². The van der Waals surface area contributed by atoms with E-state index in [0.717, 1.165) is 36.1 Å². The molecule has 0 N–H and O–H groups in total. The monoisotopic (exact) mass is 414 g/mol. The van der Waals surface area contributed by atoms with Gasteiger partial charge in [-0.05, 0) is 31.0 Å². The van der Waals surface area contributed by atoms with Gasteiger partial charge in [0.25, 0.3) is 12.3 Å². The number of para-hydroxylation sites is 2. The molecule has 0 bridgehead atoms. The first-order chi connectivity index (χ1) is 14.6. The van der Waals surface area contributed by atoms with E-state index in [2.05, 4.69) is 22.5 Å². The number of imidazole rings is 1. The standard InChI is InChI=1S/C22H24F2N4O2/c1-2-20-26-17-7-3-4-8-18(17)28(20)16-6-5-11-27(13-16)22(29)15-9-10-25-21(12-15)30-14-19(23)24/h3-4,7-10,12,16,19H,2,5-6,11,13-14H2,1H3. The minimum Gasteiger partial charge on any atom is -0.472 e. The van der Waals surface area contributed by atoms with Gasteiger partial charge >= 0.3 is 0 Å². The molecule has 6 nitrogen and oxygen atoms in total.